The Morgan fingerprint density at radius 3 is 2.63 bits per heavy atom. The van der Waals surface area contributed by atoms with E-state index in [0.717, 1.165) is 35.4 Å². The maximum Gasteiger partial charge on any atom is 0.257 e. The summed E-state index contributed by atoms with van der Waals surface area (Å²) in [5, 5.41) is 12.5. The van der Waals surface area contributed by atoms with Gasteiger partial charge in [-0.05, 0) is 43.7 Å². The van der Waals surface area contributed by atoms with Crippen molar-refractivity contribution < 1.29 is 9.53 Å². The predicted molar refractivity (Wildman–Crippen MR) is 116 cm³/mol. The molecule has 0 saturated heterocycles. The van der Waals surface area contributed by atoms with Crippen LogP contribution in [0.1, 0.15) is 29.4 Å². The number of rotatable bonds is 6. The molecule has 0 unspecified atom stereocenters. The lowest BCUT2D eigenvalue weighted by Gasteiger charge is -2.09. The van der Waals surface area contributed by atoms with Gasteiger partial charge in [0.25, 0.3) is 5.91 Å². The molecule has 0 radical (unpaired) electrons. The SMILES string of the molecule is CCCn1ccc(NC(=O)c2cc(-c3ccc(OC)cc3)nc3c2c(C)nn3C)n1. The van der Waals surface area contributed by atoms with Gasteiger partial charge in [-0.15, -0.1) is 0 Å². The molecular weight excluding hydrogens is 380 g/mol. The van der Waals surface area contributed by atoms with E-state index in [4.69, 9.17) is 9.72 Å². The van der Waals surface area contributed by atoms with E-state index in [1.165, 1.54) is 0 Å². The lowest BCUT2D eigenvalue weighted by atomic mass is 10.0. The van der Waals surface area contributed by atoms with Crippen molar-refractivity contribution in [3.8, 4) is 17.0 Å². The van der Waals surface area contributed by atoms with Crippen molar-refractivity contribution in [2.24, 2.45) is 7.05 Å². The summed E-state index contributed by atoms with van der Waals surface area (Å²) < 4.78 is 8.75. The second kappa shape index (κ2) is 7.98. The van der Waals surface area contributed by atoms with Crippen LogP contribution >= 0.6 is 0 Å². The van der Waals surface area contributed by atoms with Crippen LogP contribution < -0.4 is 10.1 Å². The number of carbonyl (C=O) groups excluding carboxylic acids is 1. The zero-order valence-electron chi connectivity index (χ0n) is 17.5. The van der Waals surface area contributed by atoms with E-state index >= 15 is 0 Å². The molecule has 1 N–H and O–H groups in total. The molecule has 154 valence electrons. The number of benzene rings is 1. The van der Waals surface area contributed by atoms with Crippen LogP contribution in [0.2, 0.25) is 0 Å². The summed E-state index contributed by atoms with van der Waals surface area (Å²) in [6.07, 6.45) is 2.83. The number of anilines is 1. The van der Waals surface area contributed by atoms with E-state index in [2.05, 4.69) is 22.4 Å². The average molecular weight is 404 g/mol. The van der Waals surface area contributed by atoms with E-state index in [1.807, 2.05) is 49.1 Å². The molecule has 0 saturated carbocycles. The first-order valence-electron chi connectivity index (χ1n) is 9.83. The summed E-state index contributed by atoms with van der Waals surface area (Å²) >= 11 is 0. The van der Waals surface area contributed by atoms with E-state index in [-0.39, 0.29) is 5.91 Å². The third-order valence-electron chi connectivity index (χ3n) is 4.93. The smallest absolute Gasteiger partial charge is 0.257 e. The van der Waals surface area contributed by atoms with Crippen molar-refractivity contribution in [1.82, 2.24) is 24.5 Å². The average Bonchev–Trinajstić information content (AvgIpc) is 3.31. The van der Waals surface area contributed by atoms with Gasteiger partial charge in [-0.1, -0.05) is 6.92 Å². The fourth-order valence-corrected chi connectivity index (χ4v) is 3.50. The van der Waals surface area contributed by atoms with Crippen LogP contribution in [-0.4, -0.2) is 37.6 Å². The summed E-state index contributed by atoms with van der Waals surface area (Å²) in [6.45, 7) is 4.77. The number of aryl methyl sites for hydroxylation is 3. The Labute approximate surface area is 174 Å². The number of nitrogens with zero attached hydrogens (tertiary/aromatic N) is 5. The zero-order chi connectivity index (χ0) is 21.3. The molecule has 1 aromatic carbocycles. The molecule has 1 amide bonds. The monoisotopic (exact) mass is 404 g/mol. The molecule has 0 aliphatic rings. The highest BCUT2D eigenvalue weighted by atomic mass is 16.5. The molecule has 8 heteroatoms. The number of hydrogen-bond donors (Lipinski definition) is 1. The largest absolute Gasteiger partial charge is 0.497 e. The minimum Gasteiger partial charge on any atom is -0.497 e. The number of nitrogens with one attached hydrogen (secondary N) is 1. The molecule has 3 heterocycles. The predicted octanol–water partition coefficient (Wildman–Crippen LogP) is 3.81. The second-order valence-electron chi connectivity index (χ2n) is 7.11. The minimum absolute atomic E-state index is 0.241. The van der Waals surface area contributed by atoms with Gasteiger partial charge in [0, 0.05) is 31.4 Å². The maximum atomic E-state index is 13.2. The minimum atomic E-state index is -0.241. The molecule has 0 atom stereocenters. The Kier molecular flexibility index (Phi) is 5.22. The Bertz CT molecular complexity index is 1210. The van der Waals surface area contributed by atoms with Crippen LogP contribution in [0, 0.1) is 6.92 Å². The molecule has 30 heavy (non-hydrogen) atoms. The van der Waals surface area contributed by atoms with Gasteiger partial charge in [0.1, 0.15) is 5.75 Å². The Hall–Kier alpha value is -3.68. The van der Waals surface area contributed by atoms with Gasteiger partial charge in [-0.3, -0.25) is 14.2 Å². The van der Waals surface area contributed by atoms with Crippen molar-refractivity contribution in [1.29, 1.82) is 0 Å². The third kappa shape index (κ3) is 3.63. The number of carbonyl (C=O) groups is 1. The van der Waals surface area contributed by atoms with Gasteiger partial charge in [0.05, 0.1) is 29.4 Å². The van der Waals surface area contributed by atoms with Gasteiger partial charge >= 0.3 is 0 Å². The lowest BCUT2D eigenvalue weighted by molar-refractivity contribution is 0.102. The third-order valence-corrected chi connectivity index (χ3v) is 4.93. The topological polar surface area (TPSA) is 86.9 Å². The number of amides is 1. The molecule has 0 aliphatic heterocycles. The van der Waals surface area contributed by atoms with Crippen molar-refractivity contribution in [3.63, 3.8) is 0 Å². The van der Waals surface area contributed by atoms with Gasteiger partial charge in [-0.25, -0.2) is 4.98 Å². The molecule has 0 bridgehead atoms. The van der Waals surface area contributed by atoms with Crippen LogP contribution in [-0.2, 0) is 13.6 Å². The summed E-state index contributed by atoms with van der Waals surface area (Å²) in [5.74, 6) is 1.04. The zero-order valence-corrected chi connectivity index (χ0v) is 17.5. The Morgan fingerprint density at radius 2 is 1.93 bits per heavy atom. The van der Waals surface area contributed by atoms with Gasteiger partial charge in [-0.2, -0.15) is 10.2 Å². The van der Waals surface area contributed by atoms with Crippen LogP contribution in [0.5, 0.6) is 5.75 Å². The van der Waals surface area contributed by atoms with E-state index in [1.54, 1.807) is 23.9 Å². The first-order chi connectivity index (χ1) is 14.5. The first kappa shape index (κ1) is 19.6. The Balaban J connectivity index is 1.77. The number of hydrogen-bond acceptors (Lipinski definition) is 5. The summed E-state index contributed by atoms with van der Waals surface area (Å²) in [6, 6.07) is 11.2. The lowest BCUT2D eigenvalue weighted by Crippen LogP contribution is -2.14. The van der Waals surface area contributed by atoms with E-state index in [9.17, 15) is 4.79 Å². The second-order valence-corrected chi connectivity index (χ2v) is 7.11. The van der Waals surface area contributed by atoms with Gasteiger partial charge in [0.15, 0.2) is 11.5 Å². The number of fused-ring (bicyclic) bond motifs is 1. The molecule has 0 spiro atoms. The molecule has 4 aromatic rings. The molecule has 0 fully saturated rings. The fraction of sp³-hybridized carbons (Fsp3) is 0.273. The highest BCUT2D eigenvalue weighted by Gasteiger charge is 2.20. The highest BCUT2D eigenvalue weighted by molar-refractivity contribution is 6.13. The first-order valence-corrected chi connectivity index (χ1v) is 9.83. The van der Waals surface area contributed by atoms with Crippen molar-refractivity contribution in [3.05, 3.63) is 53.9 Å². The van der Waals surface area contributed by atoms with Crippen LogP contribution in [0.15, 0.2) is 42.6 Å². The van der Waals surface area contributed by atoms with Crippen molar-refractivity contribution in [2.45, 2.75) is 26.8 Å². The summed E-state index contributed by atoms with van der Waals surface area (Å²) in [7, 11) is 3.45. The van der Waals surface area contributed by atoms with Crippen LogP contribution in [0.25, 0.3) is 22.3 Å². The number of ether oxygens (including phenoxy) is 1. The summed E-state index contributed by atoms with van der Waals surface area (Å²) in [5.41, 5.74) is 3.50. The fourth-order valence-electron chi connectivity index (χ4n) is 3.50. The van der Waals surface area contributed by atoms with Crippen LogP contribution in [0.3, 0.4) is 0 Å². The van der Waals surface area contributed by atoms with E-state index < -0.39 is 0 Å². The number of methoxy groups -OCH3 is 1. The molecule has 3 aromatic heterocycles. The summed E-state index contributed by atoms with van der Waals surface area (Å²) in [4.78, 5) is 18.0. The maximum absolute atomic E-state index is 13.2. The standard InChI is InChI=1S/C22H24N6O2/c1-5-11-28-12-10-19(26-28)24-22(29)17-13-18(15-6-8-16(30-4)9-7-15)23-21-20(17)14(2)25-27(21)3/h6-10,12-13H,5,11H2,1-4H3,(H,24,26,29). The van der Waals surface area contributed by atoms with Crippen molar-refractivity contribution >= 4 is 22.8 Å². The highest BCUT2D eigenvalue weighted by Crippen LogP contribution is 2.28. The number of pyridine rings is 1. The molecule has 8 nitrogen and oxygen atoms in total. The quantitative estimate of drug-likeness (QED) is 0.528. The Morgan fingerprint density at radius 1 is 1.17 bits per heavy atom. The number of aromatic nitrogens is 5. The normalized spacial score (nSPS) is 11.1. The van der Waals surface area contributed by atoms with Gasteiger partial charge in [0.2, 0.25) is 0 Å². The van der Waals surface area contributed by atoms with Crippen LogP contribution in [0.4, 0.5) is 5.82 Å². The molecule has 4 rings (SSSR count). The molecule has 0 aliphatic carbocycles. The van der Waals surface area contributed by atoms with Crippen molar-refractivity contribution in [2.75, 3.05) is 12.4 Å². The van der Waals surface area contributed by atoms with Gasteiger partial charge < -0.3 is 10.1 Å². The van der Waals surface area contributed by atoms with E-state index in [0.29, 0.717) is 22.7 Å². The molecular formula is C22H24N6O2.